The van der Waals surface area contributed by atoms with Crippen LogP contribution >= 0.6 is 0 Å². The van der Waals surface area contributed by atoms with Crippen molar-refractivity contribution in [2.75, 3.05) is 29.5 Å². The number of nitrogen functional groups attached to an aromatic ring is 2. The van der Waals surface area contributed by atoms with Gasteiger partial charge in [0.05, 0.1) is 11.4 Å². The molecule has 2 aromatic carbocycles. The van der Waals surface area contributed by atoms with Crippen molar-refractivity contribution >= 4 is 17.1 Å². The lowest BCUT2D eigenvalue weighted by molar-refractivity contribution is 0.869. The zero-order valence-corrected chi connectivity index (χ0v) is 11.6. The zero-order valence-electron chi connectivity index (χ0n) is 11.6. The molecule has 0 aliphatic carbocycles. The van der Waals surface area contributed by atoms with Crippen LogP contribution < -0.4 is 16.4 Å². The summed E-state index contributed by atoms with van der Waals surface area (Å²) in [5.41, 5.74) is 17.1. The van der Waals surface area contributed by atoms with Crippen molar-refractivity contribution in [3.05, 3.63) is 42.5 Å². The van der Waals surface area contributed by atoms with Crippen LogP contribution in [0.3, 0.4) is 0 Å². The summed E-state index contributed by atoms with van der Waals surface area (Å²) in [7, 11) is 0. The average molecular weight is 255 g/mol. The third-order valence-corrected chi connectivity index (χ3v) is 3.38. The highest BCUT2D eigenvalue weighted by Crippen LogP contribution is 2.39. The third-order valence-electron chi connectivity index (χ3n) is 3.38. The number of hydrogen-bond donors (Lipinski definition) is 2. The molecular formula is C16H21N3. The predicted molar refractivity (Wildman–Crippen MR) is 84.3 cm³/mol. The Balaban J connectivity index is 2.68. The lowest BCUT2D eigenvalue weighted by Gasteiger charge is -2.27. The number of anilines is 3. The topological polar surface area (TPSA) is 55.3 Å². The number of nitrogens with two attached hydrogens (primary N) is 2. The van der Waals surface area contributed by atoms with Gasteiger partial charge in [-0.1, -0.05) is 30.3 Å². The fourth-order valence-electron chi connectivity index (χ4n) is 2.41. The van der Waals surface area contributed by atoms with Gasteiger partial charge in [-0.25, -0.2) is 0 Å². The maximum absolute atomic E-state index is 6.19. The van der Waals surface area contributed by atoms with E-state index in [2.05, 4.69) is 30.9 Å². The lowest BCUT2D eigenvalue weighted by Crippen LogP contribution is -2.24. The fraction of sp³-hybridized carbons (Fsp3) is 0.250. The first-order valence-corrected chi connectivity index (χ1v) is 6.67. The normalized spacial score (nSPS) is 10.4. The van der Waals surface area contributed by atoms with Crippen LogP contribution in [0.1, 0.15) is 13.8 Å². The molecule has 0 heterocycles. The van der Waals surface area contributed by atoms with Crippen LogP contribution in [-0.2, 0) is 0 Å². The second-order valence-corrected chi connectivity index (χ2v) is 4.51. The molecule has 0 aliphatic rings. The van der Waals surface area contributed by atoms with Crippen LogP contribution in [0.2, 0.25) is 0 Å². The van der Waals surface area contributed by atoms with E-state index in [9.17, 15) is 0 Å². The summed E-state index contributed by atoms with van der Waals surface area (Å²) >= 11 is 0. The van der Waals surface area contributed by atoms with E-state index in [-0.39, 0.29) is 0 Å². The van der Waals surface area contributed by atoms with Gasteiger partial charge < -0.3 is 16.4 Å². The summed E-state index contributed by atoms with van der Waals surface area (Å²) < 4.78 is 0. The number of nitrogens with zero attached hydrogens (tertiary/aromatic N) is 1. The molecule has 0 saturated carbocycles. The zero-order chi connectivity index (χ0) is 13.8. The monoisotopic (exact) mass is 255 g/mol. The molecule has 2 rings (SSSR count). The van der Waals surface area contributed by atoms with Gasteiger partial charge in [-0.05, 0) is 31.5 Å². The van der Waals surface area contributed by atoms with E-state index >= 15 is 0 Å². The van der Waals surface area contributed by atoms with Crippen molar-refractivity contribution in [3.8, 4) is 11.1 Å². The summed E-state index contributed by atoms with van der Waals surface area (Å²) in [6.07, 6.45) is 0. The molecular weight excluding hydrogens is 234 g/mol. The van der Waals surface area contributed by atoms with Crippen LogP contribution in [0, 0.1) is 0 Å². The molecule has 0 atom stereocenters. The minimum Gasteiger partial charge on any atom is -0.398 e. The van der Waals surface area contributed by atoms with Crippen LogP contribution in [0.15, 0.2) is 42.5 Å². The molecule has 3 nitrogen and oxygen atoms in total. The van der Waals surface area contributed by atoms with Crippen molar-refractivity contribution in [2.45, 2.75) is 13.8 Å². The van der Waals surface area contributed by atoms with Gasteiger partial charge in [0.25, 0.3) is 0 Å². The van der Waals surface area contributed by atoms with Gasteiger partial charge in [0, 0.05) is 24.3 Å². The maximum Gasteiger partial charge on any atom is 0.0700 e. The maximum atomic E-state index is 6.19. The van der Waals surface area contributed by atoms with Gasteiger partial charge in [-0.3, -0.25) is 0 Å². The second-order valence-electron chi connectivity index (χ2n) is 4.51. The quantitative estimate of drug-likeness (QED) is 0.824. The van der Waals surface area contributed by atoms with Gasteiger partial charge in [-0.15, -0.1) is 0 Å². The highest BCUT2D eigenvalue weighted by atomic mass is 15.1. The van der Waals surface area contributed by atoms with Gasteiger partial charge >= 0.3 is 0 Å². The molecule has 0 fully saturated rings. The Hall–Kier alpha value is -2.16. The first kappa shape index (κ1) is 13.3. The van der Waals surface area contributed by atoms with Gasteiger partial charge in [0.2, 0.25) is 0 Å². The largest absolute Gasteiger partial charge is 0.398 e. The Kier molecular flexibility index (Phi) is 3.95. The van der Waals surface area contributed by atoms with E-state index in [1.807, 2.05) is 30.3 Å². The van der Waals surface area contributed by atoms with E-state index in [0.29, 0.717) is 0 Å². The van der Waals surface area contributed by atoms with Gasteiger partial charge in [-0.2, -0.15) is 0 Å². The molecule has 0 aliphatic heterocycles. The molecule has 4 N–H and O–H groups in total. The molecule has 0 spiro atoms. The van der Waals surface area contributed by atoms with Crippen LogP contribution in [0.4, 0.5) is 17.1 Å². The van der Waals surface area contributed by atoms with E-state index in [0.717, 1.165) is 41.3 Å². The van der Waals surface area contributed by atoms with Crippen LogP contribution in [-0.4, -0.2) is 13.1 Å². The summed E-state index contributed by atoms with van der Waals surface area (Å²) in [6.45, 7) is 6.07. The van der Waals surface area contributed by atoms with Gasteiger partial charge in [0.1, 0.15) is 0 Å². The number of benzene rings is 2. The highest BCUT2D eigenvalue weighted by molar-refractivity contribution is 5.94. The molecule has 0 bridgehead atoms. The van der Waals surface area contributed by atoms with Crippen molar-refractivity contribution in [3.63, 3.8) is 0 Å². The van der Waals surface area contributed by atoms with Gasteiger partial charge in [0.15, 0.2) is 0 Å². The molecule has 0 saturated heterocycles. The van der Waals surface area contributed by atoms with Crippen molar-refractivity contribution in [2.24, 2.45) is 0 Å². The predicted octanol–water partition coefficient (Wildman–Crippen LogP) is 3.36. The minimum atomic E-state index is 0.766. The second kappa shape index (κ2) is 5.65. The highest BCUT2D eigenvalue weighted by Gasteiger charge is 2.16. The molecule has 0 amide bonds. The summed E-state index contributed by atoms with van der Waals surface area (Å²) in [6, 6.07) is 13.9. The van der Waals surface area contributed by atoms with Crippen LogP contribution in [0.25, 0.3) is 11.1 Å². The molecule has 100 valence electrons. The van der Waals surface area contributed by atoms with Crippen LogP contribution in [0.5, 0.6) is 0 Å². The molecule has 3 heteroatoms. The number of hydrogen-bond acceptors (Lipinski definition) is 3. The fourth-order valence-corrected chi connectivity index (χ4v) is 2.41. The average Bonchev–Trinajstić information content (AvgIpc) is 2.45. The van der Waals surface area contributed by atoms with Crippen molar-refractivity contribution in [1.29, 1.82) is 0 Å². The SMILES string of the molecule is CCN(CC)c1c(N)ccc(N)c1-c1ccccc1. The smallest absolute Gasteiger partial charge is 0.0700 e. The lowest BCUT2D eigenvalue weighted by atomic mass is 9.99. The summed E-state index contributed by atoms with van der Waals surface area (Å²) in [4.78, 5) is 2.24. The molecule has 0 unspecified atom stereocenters. The Labute approximate surface area is 114 Å². The van der Waals surface area contributed by atoms with E-state index in [1.54, 1.807) is 0 Å². The molecule has 19 heavy (non-hydrogen) atoms. The Bertz CT molecular complexity index is 545. The Morgan fingerprint density at radius 2 is 1.42 bits per heavy atom. The minimum absolute atomic E-state index is 0.766. The summed E-state index contributed by atoms with van der Waals surface area (Å²) in [5, 5.41) is 0. The van der Waals surface area contributed by atoms with Crippen molar-refractivity contribution < 1.29 is 0 Å². The Morgan fingerprint density at radius 3 is 2.00 bits per heavy atom. The first-order valence-electron chi connectivity index (χ1n) is 6.67. The van der Waals surface area contributed by atoms with Crippen molar-refractivity contribution in [1.82, 2.24) is 0 Å². The van der Waals surface area contributed by atoms with E-state index in [4.69, 9.17) is 11.5 Å². The Morgan fingerprint density at radius 1 is 0.842 bits per heavy atom. The molecule has 0 radical (unpaired) electrons. The standard InChI is InChI=1S/C16H21N3/c1-3-19(4-2)16-14(18)11-10-13(17)15(16)12-8-6-5-7-9-12/h5-11H,3-4,17-18H2,1-2H3. The first-order chi connectivity index (χ1) is 9.19. The molecule has 0 aromatic heterocycles. The van der Waals surface area contributed by atoms with E-state index < -0.39 is 0 Å². The number of rotatable bonds is 4. The summed E-state index contributed by atoms with van der Waals surface area (Å²) in [5.74, 6) is 0. The molecule has 2 aromatic rings. The third kappa shape index (κ3) is 2.50. The van der Waals surface area contributed by atoms with E-state index in [1.165, 1.54) is 0 Å².